The Kier molecular flexibility index (Phi) is 6.63. The molecule has 0 atom stereocenters. The number of aromatic nitrogens is 2. The van der Waals surface area contributed by atoms with E-state index in [0.717, 1.165) is 10.8 Å². The van der Waals surface area contributed by atoms with Gasteiger partial charge in [0.1, 0.15) is 12.1 Å². The Labute approximate surface area is 195 Å². The van der Waals surface area contributed by atoms with Crippen LogP contribution in [-0.2, 0) is 4.74 Å². The second kappa shape index (κ2) is 9.95. The molecule has 172 valence electrons. The van der Waals surface area contributed by atoms with E-state index in [9.17, 15) is 14.9 Å². The number of nitrogens with zero attached hydrogens (tertiary/aromatic N) is 3. The maximum atomic E-state index is 12.1. The Morgan fingerprint density at radius 3 is 2.47 bits per heavy atom. The van der Waals surface area contributed by atoms with Gasteiger partial charge in [-0.2, -0.15) is 4.98 Å². The van der Waals surface area contributed by atoms with Crippen molar-refractivity contribution in [3.8, 4) is 11.6 Å². The summed E-state index contributed by atoms with van der Waals surface area (Å²) >= 11 is 0. The number of carbonyl (C=O) groups excluding carboxylic acids is 1. The van der Waals surface area contributed by atoms with Crippen molar-refractivity contribution in [2.24, 2.45) is 5.92 Å². The summed E-state index contributed by atoms with van der Waals surface area (Å²) in [7, 11) is 0. The van der Waals surface area contributed by atoms with Crippen molar-refractivity contribution in [3.63, 3.8) is 0 Å². The lowest BCUT2D eigenvalue weighted by atomic mass is 10.1. The number of hydrogen-bond acceptors (Lipinski definition) is 8. The molecule has 0 unspecified atom stereocenters. The number of benzene rings is 3. The number of anilines is 2. The monoisotopic (exact) mass is 458 g/mol. The van der Waals surface area contributed by atoms with Crippen molar-refractivity contribution in [3.05, 3.63) is 88.7 Å². The van der Waals surface area contributed by atoms with Crippen LogP contribution in [0.4, 0.5) is 17.2 Å². The summed E-state index contributed by atoms with van der Waals surface area (Å²) in [6.07, 6.45) is 1.18. The molecule has 0 amide bonds. The summed E-state index contributed by atoms with van der Waals surface area (Å²) in [5.74, 6) is -0.0122. The first-order valence-electron chi connectivity index (χ1n) is 10.6. The third kappa shape index (κ3) is 5.26. The Morgan fingerprint density at radius 2 is 1.76 bits per heavy atom. The minimum Gasteiger partial charge on any atom is -0.462 e. The molecule has 4 rings (SSSR count). The van der Waals surface area contributed by atoms with Gasteiger partial charge in [-0.05, 0) is 53.1 Å². The second-order valence-corrected chi connectivity index (χ2v) is 7.94. The van der Waals surface area contributed by atoms with Gasteiger partial charge in [0.2, 0.25) is 5.82 Å². The fourth-order valence-corrected chi connectivity index (χ4v) is 3.19. The first-order chi connectivity index (χ1) is 16.4. The first-order valence-corrected chi connectivity index (χ1v) is 10.6. The number of ether oxygens (including phenoxy) is 2. The Balaban J connectivity index is 1.56. The van der Waals surface area contributed by atoms with E-state index >= 15 is 0 Å². The van der Waals surface area contributed by atoms with Crippen LogP contribution in [0.2, 0.25) is 0 Å². The number of nitro groups is 1. The molecule has 0 spiro atoms. The molecular weight excluding hydrogens is 436 g/mol. The Bertz CT molecular complexity index is 1340. The third-order valence-corrected chi connectivity index (χ3v) is 4.84. The molecule has 1 heterocycles. The highest BCUT2D eigenvalue weighted by molar-refractivity contribution is 5.90. The van der Waals surface area contributed by atoms with Crippen molar-refractivity contribution < 1.29 is 19.2 Å². The molecule has 0 saturated heterocycles. The molecule has 0 bridgehead atoms. The molecule has 34 heavy (non-hydrogen) atoms. The standard InChI is InChI=1S/C25H22N4O5/c1-16(2)14-33-25(30)18-7-10-20(11-8-18)28-23-22(29(31)32)24(27-15-26-23)34-21-12-9-17-5-3-4-6-19(17)13-21/h3-13,15-16H,14H2,1-2H3,(H,26,27,28). The molecule has 0 saturated carbocycles. The van der Waals surface area contributed by atoms with Crippen molar-refractivity contribution in [2.45, 2.75) is 13.8 Å². The SMILES string of the molecule is CC(C)COC(=O)c1ccc(Nc2ncnc(Oc3ccc4ccccc4c3)c2[N+](=O)[O-])cc1. The summed E-state index contributed by atoms with van der Waals surface area (Å²) in [4.78, 5) is 31.3. The summed E-state index contributed by atoms with van der Waals surface area (Å²) < 4.78 is 11.0. The zero-order chi connectivity index (χ0) is 24.1. The van der Waals surface area contributed by atoms with Crippen LogP contribution in [0.1, 0.15) is 24.2 Å². The van der Waals surface area contributed by atoms with Gasteiger partial charge < -0.3 is 14.8 Å². The van der Waals surface area contributed by atoms with E-state index in [2.05, 4.69) is 15.3 Å². The van der Waals surface area contributed by atoms with E-state index < -0.39 is 16.6 Å². The fraction of sp³-hybridized carbons (Fsp3) is 0.160. The number of fused-ring (bicyclic) bond motifs is 1. The third-order valence-electron chi connectivity index (χ3n) is 4.84. The number of carbonyl (C=O) groups is 1. The van der Waals surface area contributed by atoms with Gasteiger partial charge in [-0.25, -0.2) is 9.78 Å². The summed E-state index contributed by atoms with van der Waals surface area (Å²) in [5, 5.41) is 16.7. The van der Waals surface area contributed by atoms with Gasteiger partial charge in [-0.3, -0.25) is 10.1 Å². The van der Waals surface area contributed by atoms with Gasteiger partial charge in [-0.1, -0.05) is 44.2 Å². The summed E-state index contributed by atoms with van der Waals surface area (Å²) in [6, 6.07) is 19.5. The number of hydrogen-bond donors (Lipinski definition) is 1. The van der Waals surface area contributed by atoms with Gasteiger partial charge in [-0.15, -0.1) is 0 Å². The molecule has 0 radical (unpaired) electrons. The largest absolute Gasteiger partial charge is 0.462 e. The van der Waals surface area contributed by atoms with Gasteiger partial charge in [0.05, 0.1) is 17.1 Å². The van der Waals surface area contributed by atoms with Crippen LogP contribution >= 0.6 is 0 Å². The molecule has 0 aliphatic heterocycles. The molecule has 9 heteroatoms. The molecule has 0 fully saturated rings. The number of rotatable bonds is 8. The van der Waals surface area contributed by atoms with Crippen molar-refractivity contribution in [1.82, 2.24) is 9.97 Å². The second-order valence-electron chi connectivity index (χ2n) is 7.94. The maximum absolute atomic E-state index is 12.1. The van der Waals surface area contributed by atoms with Crippen LogP contribution in [-0.4, -0.2) is 27.5 Å². The number of esters is 1. The van der Waals surface area contributed by atoms with E-state index in [-0.39, 0.29) is 17.6 Å². The van der Waals surface area contributed by atoms with Crippen molar-refractivity contribution in [1.29, 1.82) is 0 Å². The zero-order valence-corrected chi connectivity index (χ0v) is 18.6. The quantitative estimate of drug-likeness (QED) is 0.197. The Morgan fingerprint density at radius 1 is 1.03 bits per heavy atom. The molecule has 9 nitrogen and oxygen atoms in total. The van der Waals surface area contributed by atoms with E-state index in [1.165, 1.54) is 6.33 Å². The topological polar surface area (TPSA) is 116 Å². The van der Waals surface area contributed by atoms with Crippen LogP contribution in [0.5, 0.6) is 11.6 Å². The van der Waals surface area contributed by atoms with E-state index in [4.69, 9.17) is 9.47 Å². The molecule has 1 aromatic heterocycles. The lowest BCUT2D eigenvalue weighted by Crippen LogP contribution is -2.10. The van der Waals surface area contributed by atoms with Crippen LogP contribution in [0, 0.1) is 16.0 Å². The molecule has 3 aromatic carbocycles. The van der Waals surface area contributed by atoms with E-state index in [0.29, 0.717) is 23.6 Å². The van der Waals surface area contributed by atoms with E-state index in [1.54, 1.807) is 36.4 Å². The summed E-state index contributed by atoms with van der Waals surface area (Å²) in [5.41, 5.74) is 0.471. The van der Waals surface area contributed by atoms with Gasteiger partial charge in [0.15, 0.2) is 0 Å². The minimum absolute atomic E-state index is 0.0362. The summed E-state index contributed by atoms with van der Waals surface area (Å²) in [6.45, 7) is 4.23. The van der Waals surface area contributed by atoms with Crippen LogP contribution in [0.25, 0.3) is 10.8 Å². The van der Waals surface area contributed by atoms with Gasteiger partial charge in [0.25, 0.3) is 0 Å². The number of nitrogens with one attached hydrogen (secondary N) is 1. The predicted octanol–water partition coefficient (Wildman–Crippen LogP) is 5.89. The maximum Gasteiger partial charge on any atom is 0.373 e. The molecule has 4 aromatic rings. The average Bonchev–Trinajstić information content (AvgIpc) is 2.83. The Hall–Kier alpha value is -4.53. The lowest BCUT2D eigenvalue weighted by molar-refractivity contribution is -0.385. The first kappa shape index (κ1) is 22.7. The fourth-order valence-electron chi connectivity index (χ4n) is 3.19. The average molecular weight is 458 g/mol. The molecule has 0 aliphatic rings. The smallest absolute Gasteiger partial charge is 0.373 e. The van der Waals surface area contributed by atoms with Gasteiger partial charge in [0, 0.05) is 5.69 Å². The molecule has 1 N–H and O–H groups in total. The predicted molar refractivity (Wildman–Crippen MR) is 128 cm³/mol. The molecule has 0 aliphatic carbocycles. The lowest BCUT2D eigenvalue weighted by Gasteiger charge is -2.11. The highest BCUT2D eigenvalue weighted by atomic mass is 16.6. The van der Waals surface area contributed by atoms with Crippen LogP contribution < -0.4 is 10.1 Å². The van der Waals surface area contributed by atoms with Crippen LogP contribution in [0.3, 0.4) is 0 Å². The minimum atomic E-state index is -0.601. The highest BCUT2D eigenvalue weighted by Crippen LogP contribution is 2.36. The molecular formula is C25H22N4O5. The van der Waals surface area contributed by atoms with Gasteiger partial charge >= 0.3 is 17.5 Å². The van der Waals surface area contributed by atoms with Crippen molar-refractivity contribution in [2.75, 3.05) is 11.9 Å². The van der Waals surface area contributed by atoms with Crippen molar-refractivity contribution >= 4 is 33.9 Å². The normalized spacial score (nSPS) is 10.8. The van der Waals surface area contributed by atoms with Crippen LogP contribution in [0.15, 0.2) is 73.1 Å². The zero-order valence-electron chi connectivity index (χ0n) is 18.6. The highest BCUT2D eigenvalue weighted by Gasteiger charge is 2.25. The van der Waals surface area contributed by atoms with E-state index in [1.807, 2.05) is 44.2 Å².